The standard InChI is InChI=1S/C41H73NO/c1-5-36-30-24-18-12-9-13-20-26-32-38(36)41(43)42(39-33-27-21-15-14-19-25-31-37(39)6-2)40-34(3)28-22-16-10-7-8-11-17-23-29-35(40)4/h34,36,38H,5-33H2,1-4H3/b39-37+,40-35+. The summed E-state index contributed by atoms with van der Waals surface area (Å²) in [5.74, 6) is 1.67. The molecule has 3 rings (SSSR count). The average Bonchev–Trinajstić information content (AvgIpc) is 3.06. The summed E-state index contributed by atoms with van der Waals surface area (Å²) < 4.78 is 0. The van der Waals surface area contributed by atoms with Gasteiger partial charge < -0.3 is 0 Å². The lowest BCUT2D eigenvalue weighted by molar-refractivity contribution is -0.135. The van der Waals surface area contributed by atoms with E-state index in [1.54, 1.807) is 5.57 Å². The smallest absolute Gasteiger partial charge is 0.234 e. The van der Waals surface area contributed by atoms with Crippen LogP contribution in [0.4, 0.5) is 0 Å². The zero-order valence-electron chi connectivity index (χ0n) is 29.6. The minimum atomic E-state index is 0.182. The van der Waals surface area contributed by atoms with Crippen LogP contribution in [0.3, 0.4) is 0 Å². The second-order valence-corrected chi connectivity index (χ2v) is 15.0. The first-order chi connectivity index (χ1) is 21.1. The van der Waals surface area contributed by atoms with Gasteiger partial charge in [0, 0.05) is 17.3 Å². The zero-order chi connectivity index (χ0) is 30.7. The summed E-state index contributed by atoms with van der Waals surface area (Å²) in [7, 11) is 0. The molecule has 1 amide bonds. The van der Waals surface area contributed by atoms with Gasteiger partial charge in [0.05, 0.1) is 0 Å². The highest BCUT2D eigenvalue weighted by Crippen LogP contribution is 2.40. The van der Waals surface area contributed by atoms with E-state index in [0.29, 0.717) is 17.7 Å². The fourth-order valence-electron chi connectivity index (χ4n) is 8.78. The predicted octanol–water partition coefficient (Wildman–Crippen LogP) is 13.6. The fraction of sp³-hybridized carbons (Fsp3) is 0.878. The minimum Gasteiger partial charge on any atom is -0.288 e. The molecule has 3 aliphatic carbocycles. The number of rotatable bonds is 5. The van der Waals surface area contributed by atoms with Crippen LogP contribution >= 0.6 is 0 Å². The molecule has 1 fully saturated rings. The molecule has 1 saturated carbocycles. The van der Waals surface area contributed by atoms with Gasteiger partial charge in [0.15, 0.2) is 0 Å². The molecule has 3 unspecified atom stereocenters. The third-order valence-electron chi connectivity index (χ3n) is 11.6. The van der Waals surface area contributed by atoms with Gasteiger partial charge in [-0.3, -0.25) is 9.69 Å². The molecule has 0 saturated heterocycles. The Bertz CT molecular complexity index is 837. The van der Waals surface area contributed by atoms with Gasteiger partial charge >= 0.3 is 0 Å². The number of hydrogen-bond acceptors (Lipinski definition) is 1. The molecule has 3 aliphatic rings. The zero-order valence-corrected chi connectivity index (χ0v) is 29.6. The van der Waals surface area contributed by atoms with Crippen molar-refractivity contribution >= 4 is 5.91 Å². The molecule has 0 aromatic rings. The molecule has 0 radical (unpaired) electrons. The Morgan fingerprint density at radius 1 is 0.605 bits per heavy atom. The van der Waals surface area contributed by atoms with Gasteiger partial charge in [-0.05, 0) is 83.0 Å². The van der Waals surface area contributed by atoms with Gasteiger partial charge in [-0.2, -0.15) is 0 Å². The van der Waals surface area contributed by atoms with Crippen molar-refractivity contribution in [1.29, 1.82) is 0 Å². The highest BCUT2D eigenvalue weighted by molar-refractivity contribution is 5.83. The third-order valence-corrected chi connectivity index (χ3v) is 11.6. The summed E-state index contributed by atoms with van der Waals surface area (Å²) in [6.07, 6.45) is 37.4. The molecular weight excluding hydrogens is 522 g/mol. The molecule has 2 heteroatoms. The van der Waals surface area contributed by atoms with Crippen LogP contribution in [0.15, 0.2) is 22.5 Å². The van der Waals surface area contributed by atoms with E-state index in [1.165, 1.54) is 177 Å². The van der Waals surface area contributed by atoms with Crippen LogP contribution in [-0.4, -0.2) is 10.8 Å². The van der Waals surface area contributed by atoms with Crippen molar-refractivity contribution in [2.45, 2.75) is 214 Å². The first-order valence-electron chi connectivity index (χ1n) is 19.8. The summed E-state index contributed by atoms with van der Waals surface area (Å²) >= 11 is 0. The molecule has 0 heterocycles. The summed E-state index contributed by atoms with van der Waals surface area (Å²) in [5, 5.41) is 0. The summed E-state index contributed by atoms with van der Waals surface area (Å²) in [5.41, 5.74) is 6.05. The number of allylic oxidation sites excluding steroid dienone is 4. The van der Waals surface area contributed by atoms with E-state index in [2.05, 4.69) is 32.6 Å². The van der Waals surface area contributed by atoms with Crippen LogP contribution < -0.4 is 0 Å². The minimum absolute atomic E-state index is 0.182. The Balaban J connectivity index is 2.13. The van der Waals surface area contributed by atoms with E-state index in [9.17, 15) is 0 Å². The van der Waals surface area contributed by atoms with E-state index < -0.39 is 0 Å². The van der Waals surface area contributed by atoms with Gasteiger partial charge in [0.25, 0.3) is 0 Å². The largest absolute Gasteiger partial charge is 0.288 e. The van der Waals surface area contributed by atoms with Crippen molar-refractivity contribution in [3.63, 3.8) is 0 Å². The van der Waals surface area contributed by atoms with E-state index in [1.807, 2.05) is 0 Å². The number of nitrogens with zero attached hydrogens (tertiary/aromatic N) is 1. The van der Waals surface area contributed by atoms with Gasteiger partial charge in [-0.15, -0.1) is 0 Å². The average molecular weight is 596 g/mol. The Labute approximate surface area is 269 Å². The number of carbonyl (C=O) groups is 1. The van der Waals surface area contributed by atoms with Crippen molar-refractivity contribution < 1.29 is 4.79 Å². The van der Waals surface area contributed by atoms with Crippen LogP contribution in [0.25, 0.3) is 0 Å². The number of hydrogen-bond donors (Lipinski definition) is 0. The SMILES string of the molecule is CC/C1=C(\N(C(=O)C2CCCCCCCCCC2CC)/C2=C(\C)CCCCCCCCCCC2C)CCCCCCCC1. The van der Waals surface area contributed by atoms with Gasteiger partial charge in [0.1, 0.15) is 0 Å². The molecule has 0 aliphatic heterocycles. The molecule has 0 aromatic heterocycles. The quantitative estimate of drug-likeness (QED) is 0.309. The van der Waals surface area contributed by atoms with E-state index in [4.69, 9.17) is 0 Å². The lowest BCUT2D eigenvalue weighted by Crippen LogP contribution is -2.41. The van der Waals surface area contributed by atoms with E-state index in [-0.39, 0.29) is 5.92 Å². The van der Waals surface area contributed by atoms with Gasteiger partial charge in [-0.1, -0.05) is 154 Å². The van der Waals surface area contributed by atoms with Crippen LogP contribution in [0.2, 0.25) is 0 Å². The topological polar surface area (TPSA) is 20.3 Å². The van der Waals surface area contributed by atoms with E-state index in [0.717, 1.165) is 25.7 Å². The molecule has 0 spiro atoms. The Kier molecular flexibility index (Phi) is 18.3. The summed E-state index contributed by atoms with van der Waals surface area (Å²) in [4.78, 5) is 18.0. The molecule has 0 aromatic carbocycles. The molecular formula is C41H73NO. The second-order valence-electron chi connectivity index (χ2n) is 15.0. The van der Waals surface area contributed by atoms with Crippen molar-refractivity contribution in [2.24, 2.45) is 17.8 Å². The third kappa shape index (κ3) is 12.3. The lowest BCUT2D eigenvalue weighted by Gasteiger charge is -2.39. The molecule has 2 nitrogen and oxygen atoms in total. The Hall–Kier alpha value is -1.05. The maximum Gasteiger partial charge on any atom is 0.234 e. The van der Waals surface area contributed by atoms with Crippen LogP contribution in [-0.2, 0) is 4.79 Å². The highest BCUT2D eigenvalue weighted by Gasteiger charge is 2.36. The summed E-state index contributed by atoms with van der Waals surface area (Å²) in [6, 6.07) is 0. The maximum absolute atomic E-state index is 15.5. The van der Waals surface area contributed by atoms with Crippen LogP contribution in [0, 0.1) is 17.8 Å². The Morgan fingerprint density at radius 2 is 1.07 bits per heavy atom. The van der Waals surface area contributed by atoms with Crippen molar-refractivity contribution in [3.8, 4) is 0 Å². The normalized spacial score (nSPS) is 31.0. The first-order valence-corrected chi connectivity index (χ1v) is 19.8. The molecule has 248 valence electrons. The van der Waals surface area contributed by atoms with Gasteiger partial charge in [0.2, 0.25) is 5.91 Å². The number of amides is 1. The van der Waals surface area contributed by atoms with Crippen molar-refractivity contribution in [3.05, 3.63) is 22.5 Å². The van der Waals surface area contributed by atoms with Crippen molar-refractivity contribution in [2.75, 3.05) is 0 Å². The molecule has 43 heavy (non-hydrogen) atoms. The highest BCUT2D eigenvalue weighted by atomic mass is 16.2. The molecule has 0 N–H and O–H groups in total. The maximum atomic E-state index is 15.5. The monoisotopic (exact) mass is 596 g/mol. The van der Waals surface area contributed by atoms with E-state index >= 15 is 4.79 Å². The Morgan fingerprint density at radius 3 is 1.63 bits per heavy atom. The predicted molar refractivity (Wildman–Crippen MR) is 188 cm³/mol. The van der Waals surface area contributed by atoms with Crippen LogP contribution in [0.1, 0.15) is 214 Å². The van der Waals surface area contributed by atoms with Crippen LogP contribution in [0.5, 0.6) is 0 Å². The fourth-order valence-corrected chi connectivity index (χ4v) is 8.78. The molecule has 0 bridgehead atoms. The van der Waals surface area contributed by atoms with Crippen molar-refractivity contribution in [1.82, 2.24) is 4.90 Å². The van der Waals surface area contributed by atoms with Gasteiger partial charge in [-0.25, -0.2) is 0 Å². The lowest BCUT2D eigenvalue weighted by atomic mass is 9.80. The number of carbonyl (C=O) groups excluding carboxylic acids is 1. The second kappa shape index (κ2) is 21.6. The first kappa shape index (κ1) is 36.4. The molecule has 3 atom stereocenters. The summed E-state index contributed by atoms with van der Waals surface area (Å²) in [6.45, 7) is 9.66.